The number of ether oxygens (including phenoxy) is 1. The number of methoxy groups -OCH3 is 1. The quantitative estimate of drug-likeness (QED) is 0.518. The van der Waals surface area contributed by atoms with Gasteiger partial charge in [0.25, 0.3) is 0 Å². The molecule has 0 rings (SSSR count). The molecule has 0 aliphatic rings. The fourth-order valence-electron chi connectivity index (χ4n) is 1.41. The Balaban J connectivity index is 5.02. The summed E-state index contributed by atoms with van der Waals surface area (Å²) < 4.78 is 15.6. The number of carboxylic acid groups (broad SMARTS) is 1. The van der Waals surface area contributed by atoms with Gasteiger partial charge in [0.15, 0.2) is 0 Å². The average Bonchev–Trinajstić information content (AvgIpc) is 2.27. The van der Waals surface area contributed by atoms with E-state index in [0.717, 1.165) is 12.5 Å². The Kier molecular flexibility index (Phi) is 7.23. The molecular weight excluding hydrogens is 228 g/mol. The average molecular weight is 248 g/mol. The van der Waals surface area contributed by atoms with Crippen molar-refractivity contribution in [3.05, 3.63) is 11.3 Å². The van der Waals surface area contributed by atoms with Gasteiger partial charge in [0.05, 0.1) is 12.2 Å². The van der Waals surface area contributed by atoms with E-state index in [4.69, 9.17) is 18.7 Å². The zero-order valence-electron chi connectivity index (χ0n) is 10.3. The Hall–Kier alpha value is -0.693. The van der Waals surface area contributed by atoms with Gasteiger partial charge in [-0.05, 0) is 11.7 Å². The van der Waals surface area contributed by atoms with Crippen LogP contribution in [0.15, 0.2) is 11.3 Å². The van der Waals surface area contributed by atoms with Crippen molar-refractivity contribution in [3.63, 3.8) is 0 Å². The third kappa shape index (κ3) is 4.44. The summed E-state index contributed by atoms with van der Waals surface area (Å²) in [6, 6.07) is 0.723. The summed E-state index contributed by atoms with van der Waals surface area (Å²) in [5.41, 5.74) is 1.79. The standard InChI is InChI=1S/C10H20O5Si/c1-5-6-16(14-3,15-4)8-9(7-13-2)10(11)12/h8H,5-7H2,1-4H3,(H,11,12). The first-order valence-electron chi connectivity index (χ1n) is 5.09. The largest absolute Gasteiger partial charge is 0.478 e. The summed E-state index contributed by atoms with van der Waals surface area (Å²) in [5.74, 6) is -0.996. The van der Waals surface area contributed by atoms with Crippen LogP contribution in [0.1, 0.15) is 13.3 Å². The molecule has 0 heterocycles. The molecule has 0 spiro atoms. The molecule has 0 saturated carbocycles. The van der Waals surface area contributed by atoms with Gasteiger partial charge in [-0.2, -0.15) is 0 Å². The Bertz CT molecular complexity index is 248. The van der Waals surface area contributed by atoms with Crippen LogP contribution >= 0.6 is 0 Å². The van der Waals surface area contributed by atoms with Crippen LogP contribution in [0.3, 0.4) is 0 Å². The highest BCUT2D eigenvalue weighted by molar-refractivity contribution is 6.73. The van der Waals surface area contributed by atoms with Crippen molar-refractivity contribution in [1.82, 2.24) is 0 Å². The van der Waals surface area contributed by atoms with Gasteiger partial charge in [-0.1, -0.05) is 13.3 Å². The van der Waals surface area contributed by atoms with Crippen LogP contribution in [0.2, 0.25) is 6.04 Å². The van der Waals surface area contributed by atoms with Crippen molar-refractivity contribution in [2.45, 2.75) is 19.4 Å². The molecule has 94 valence electrons. The first kappa shape index (κ1) is 15.3. The van der Waals surface area contributed by atoms with E-state index in [0.29, 0.717) is 0 Å². The number of rotatable bonds is 8. The molecule has 0 aromatic carbocycles. The van der Waals surface area contributed by atoms with Gasteiger partial charge in [-0.3, -0.25) is 0 Å². The molecule has 0 unspecified atom stereocenters. The third-order valence-corrected chi connectivity index (χ3v) is 5.63. The molecular formula is C10H20O5Si. The predicted molar refractivity (Wildman–Crippen MR) is 62.5 cm³/mol. The lowest BCUT2D eigenvalue weighted by atomic mass is 10.3. The summed E-state index contributed by atoms with van der Waals surface area (Å²) in [6.45, 7) is 2.06. The summed E-state index contributed by atoms with van der Waals surface area (Å²) >= 11 is 0. The summed E-state index contributed by atoms with van der Waals surface area (Å²) in [5, 5.41) is 8.99. The highest BCUT2D eigenvalue weighted by Crippen LogP contribution is 2.18. The smallest absolute Gasteiger partial charge is 0.365 e. The second kappa shape index (κ2) is 7.56. The second-order valence-electron chi connectivity index (χ2n) is 3.38. The van der Waals surface area contributed by atoms with Crippen molar-refractivity contribution in [1.29, 1.82) is 0 Å². The van der Waals surface area contributed by atoms with Gasteiger partial charge in [0.1, 0.15) is 0 Å². The van der Waals surface area contributed by atoms with Gasteiger partial charge >= 0.3 is 14.5 Å². The molecule has 1 N–H and O–H groups in total. The van der Waals surface area contributed by atoms with Crippen molar-refractivity contribution in [3.8, 4) is 0 Å². The SMILES string of the molecule is CCC[Si](C=C(COC)C(=O)O)(OC)OC. The summed E-state index contributed by atoms with van der Waals surface area (Å²) in [6.07, 6.45) is 0.879. The van der Waals surface area contributed by atoms with E-state index in [1.54, 1.807) is 19.9 Å². The van der Waals surface area contributed by atoms with Crippen molar-refractivity contribution >= 4 is 14.5 Å². The highest BCUT2D eigenvalue weighted by Gasteiger charge is 2.33. The zero-order valence-corrected chi connectivity index (χ0v) is 11.3. The first-order valence-corrected chi connectivity index (χ1v) is 7.19. The number of hydrogen-bond acceptors (Lipinski definition) is 4. The van der Waals surface area contributed by atoms with Gasteiger partial charge < -0.3 is 18.7 Å². The number of aliphatic carboxylic acids is 1. The van der Waals surface area contributed by atoms with E-state index in [9.17, 15) is 4.79 Å². The number of carbonyl (C=O) groups is 1. The fraction of sp³-hybridized carbons (Fsp3) is 0.700. The molecule has 0 atom stereocenters. The Labute approximate surface area is 97.3 Å². The molecule has 5 nitrogen and oxygen atoms in total. The van der Waals surface area contributed by atoms with Crippen molar-refractivity contribution in [2.24, 2.45) is 0 Å². The van der Waals surface area contributed by atoms with Crippen LogP contribution in [-0.2, 0) is 18.4 Å². The zero-order chi connectivity index (χ0) is 12.6. The molecule has 6 heteroatoms. The molecule has 0 aromatic heterocycles. The molecule has 0 fully saturated rings. The molecule has 0 bridgehead atoms. The third-order valence-electron chi connectivity index (χ3n) is 2.26. The predicted octanol–water partition coefficient (Wildman–Crippen LogP) is 1.33. The van der Waals surface area contributed by atoms with Crippen LogP contribution in [0.5, 0.6) is 0 Å². The summed E-state index contributed by atoms with van der Waals surface area (Å²) in [4.78, 5) is 11.0. The normalized spacial score (nSPS) is 12.9. The molecule has 0 radical (unpaired) electrons. The van der Waals surface area contributed by atoms with Gasteiger partial charge in [0.2, 0.25) is 0 Å². The molecule has 0 amide bonds. The van der Waals surface area contributed by atoms with E-state index >= 15 is 0 Å². The van der Waals surface area contributed by atoms with Crippen molar-refractivity contribution in [2.75, 3.05) is 27.9 Å². The molecule has 0 aromatic rings. The lowest BCUT2D eigenvalue weighted by molar-refractivity contribution is -0.133. The van der Waals surface area contributed by atoms with Crippen LogP contribution in [0, 0.1) is 0 Å². The topological polar surface area (TPSA) is 65.0 Å². The number of carboxylic acids is 1. The van der Waals surface area contributed by atoms with Gasteiger partial charge in [-0.25, -0.2) is 4.79 Å². The van der Waals surface area contributed by atoms with Crippen LogP contribution < -0.4 is 0 Å². The maximum Gasteiger partial charge on any atom is 0.365 e. The lowest BCUT2D eigenvalue weighted by Crippen LogP contribution is -2.39. The fourth-order valence-corrected chi connectivity index (χ4v) is 3.80. The summed E-state index contributed by atoms with van der Waals surface area (Å²) in [7, 11) is 2.03. The van der Waals surface area contributed by atoms with E-state index in [1.807, 2.05) is 6.92 Å². The van der Waals surface area contributed by atoms with E-state index in [1.165, 1.54) is 7.11 Å². The van der Waals surface area contributed by atoms with Crippen LogP contribution in [0.25, 0.3) is 0 Å². The monoisotopic (exact) mass is 248 g/mol. The minimum atomic E-state index is -2.53. The highest BCUT2D eigenvalue weighted by atomic mass is 28.4. The van der Waals surface area contributed by atoms with E-state index in [2.05, 4.69) is 0 Å². The van der Waals surface area contributed by atoms with Crippen molar-refractivity contribution < 1.29 is 23.5 Å². The lowest BCUT2D eigenvalue weighted by Gasteiger charge is -2.24. The van der Waals surface area contributed by atoms with Gasteiger partial charge in [0, 0.05) is 21.3 Å². The maximum absolute atomic E-state index is 11.0. The Morgan fingerprint density at radius 2 is 1.88 bits per heavy atom. The minimum absolute atomic E-state index is 0.0561. The second-order valence-corrected chi connectivity index (χ2v) is 6.61. The maximum atomic E-state index is 11.0. The first-order chi connectivity index (χ1) is 7.55. The van der Waals surface area contributed by atoms with Crippen LogP contribution in [0.4, 0.5) is 0 Å². The molecule has 0 aliphatic heterocycles. The Morgan fingerprint density at radius 1 is 1.31 bits per heavy atom. The van der Waals surface area contributed by atoms with Crippen LogP contribution in [-0.4, -0.2) is 47.6 Å². The number of hydrogen-bond donors (Lipinski definition) is 1. The molecule has 0 aliphatic carbocycles. The molecule has 0 saturated heterocycles. The van der Waals surface area contributed by atoms with Gasteiger partial charge in [-0.15, -0.1) is 0 Å². The Morgan fingerprint density at radius 3 is 2.19 bits per heavy atom. The molecule has 16 heavy (non-hydrogen) atoms. The van der Waals surface area contributed by atoms with E-state index in [-0.39, 0.29) is 12.2 Å². The van der Waals surface area contributed by atoms with E-state index < -0.39 is 14.5 Å². The minimum Gasteiger partial charge on any atom is -0.478 e.